The molecule has 0 saturated carbocycles. The van der Waals surface area contributed by atoms with Crippen LogP contribution in [0.5, 0.6) is 0 Å². The van der Waals surface area contributed by atoms with Gasteiger partial charge >= 0.3 is 5.97 Å². The van der Waals surface area contributed by atoms with Crippen molar-refractivity contribution in [1.29, 1.82) is 0 Å². The summed E-state index contributed by atoms with van der Waals surface area (Å²) in [6.07, 6.45) is 4.00. The van der Waals surface area contributed by atoms with Gasteiger partial charge in [-0.05, 0) is 48.6 Å². The predicted molar refractivity (Wildman–Crippen MR) is 152 cm³/mol. The highest BCUT2D eigenvalue weighted by Gasteiger charge is 2.80. The van der Waals surface area contributed by atoms with E-state index in [1.54, 1.807) is 11.0 Å². The third-order valence-corrected chi connectivity index (χ3v) is 9.28. The number of amides is 2. The fourth-order valence-electron chi connectivity index (χ4n) is 7.30. The summed E-state index contributed by atoms with van der Waals surface area (Å²) >= 11 is 0. The minimum atomic E-state index is -1.24. The number of hydrogen-bond acceptors (Lipinski definition) is 6. The lowest BCUT2D eigenvalue weighted by molar-refractivity contribution is -0.161. The molecule has 40 heavy (non-hydrogen) atoms. The van der Waals surface area contributed by atoms with Crippen LogP contribution in [-0.4, -0.2) is 70.8 Å². The Morgan fingerprint density at radius 2 is 1.95 bits per heavy atom. The number of benzene rings is 2. The number of aliphatic hydroxyl groups excluding tert-OH is 1. The molecule has 1 N–H and O–H groups in total. The number of nitrogens with zero attached hydrogens (tertiary/aromatic N) is 2. The Hall–Kier alpha value is -3.49. The molecule has 212 valence electrons. The molecule has 2 amide bonds. The molecular weight excluding hydrogens is 508 g/mol. The van der Waals surface area contributed by atoms with Gasteiger partial charge in [0.2, 0.25) is 5.91 Å². The van der Waals surface area contributed by atoms with E-state index in [0.717, 1.165) is 10.8 Å². The van der Waals surface area contributed by atoms with Gasteiger partial charge < -0.3 is 24.4 Å². The second-order valence-electron chi connectivity index (χ2n) is 11.4. The Morgan fingerprint density at radius 1 is 1.23 bits per heavy atom. The Bertz CT molecular complexity index is 1350. The normalized spacial score (nSPS) is 31.2. The molecule has 3 heterocycles. The third-order valence-electron chi connectivity index (χ3n) is 9.28. The zero-order valence-corrected chi connectivity index (χ0v) is 23.4. The summed E-state index contributed by atoms with van der Waals surface area (Å²) in [6.45, 7) is 13.1. The molecule has 0 aliphatic carbocycles. The van der Waals surface area contributed by atoms with Crippen molar-refractivity contribution in [1.82, 2.24) is 4.90 Å². The molecular formula is C32H38N2O6. The van der Waals surface area contributed by atoms with Crippen LogP contribution in [0.25, 0.3) is 10.8 Å². The molecule has 8 nitrogen and oxygen atoms in total. The first-order valence-corrected chi connectivity index (χ1v) is 14.0. The molecule has 3 unspecified atom stereocenters. The fourth-order valence-corrected chi connectivity index (χ4v) is 7.30. The standard InChI is InChI=1S/C32H38N2O6/c1-6-15-33(24-14-13-21-11-9-10-12-22(21)17-24)29(37)27-32-18-20(4)31(5,40-32)26(30(38)39-16-7-2)25(32)28(36)34(27)23(8-3)19-35/h6-7,9-14,17,20,23,25-27,35H,1-2,8,15-16,18-19H2,3-5H3/t20?,23-,25-,26+,27?,31-,32?/m0/s1. The maximum absolute atomic E-state index is 14.7. The van der Waals surface area contributed by atoms with Crippen LogP contribution < -0.4 is 4.90 Å². The molecule has 2 aromatic rings. The zero-order valence-electron chi connectivity index (χ0n) is 23.4. The Labute approximate surface area is 235 Å². The molecule has 5 rings (SSSR count). The summed E-state index contributed by atoms with van der Waals surface area (Å²) in [5.41, 5.74) is -1.54. The number of carbonyl (C=O) groups is 3. The van der Waals surface area contributed by atoms with Crippen molar-refractivity contribution in [3.05, 3.63) is 67.8 Å². The quantitative estimate of drug-likeness (QED) is 0.359. The van der Waals surface area contributed by atoms with E-state index < -0.39 is 41.1 Å². The molecule has 2 bridgehead atoms. The maximum atomic E-state index is 14.7. The topological polar surface area (TPSA) is 96.4 Å². The molecule has 0 radical (unpaired) electrons. The van der Waals surface area contributed by atoms with E-state index in [4.69, 9.17) is 9.47 Å². The summed E-state index contributed by atoms with van der Waals surface area (Å²) < 4.78 is 12.2. The molecule has 3 saturated heterocycles. The van der Waals surface area contributed by atoms with Crippen molar-refractivity contribution >= 4 is 34.2 Å². The summed E-state index contributed by atoms with van der Waals surface area (Å²) in [5.74, 6) is -3.11. The maximum Gasteiger partial charge on any atom is 0.313 e. The van der Waals surface area contributed by atoms with E-state index in [2.05, 4.69) is 13.2 Å². The summed E-state index contributed by atoms with van der Waals surface area (Å²) in [6, 6.07) is 12.0. The van der Waals surface area contributed by atoms with E-state index in [1.807, 2.05) is 63.2 Å². The van der Waals surface area contributed by atoms with Crippen molar-refractivity contribution < 1.29 is 29.0 Å². The predicted octanol–water partition coefficient (Wildman–Crippen LogP) is 3.87. The number of ether oxygens (including phenoxy) is 2. The number of esters is 1. The highest BCUT2D eigenvalue weighted by molar-refractivity contribution is 6.05. The van der Waals surface area contributed by atoms with Gasteiger partial charge in [0.25, 0.3) is 5.91 Å². The second kappa shape index (κ2) is 10.5. The van der Waals surface area contributed by atoms with Crippen LogP contribution in [0, 0.1) is 17.8 Å². The average molecular weight is 547 g/mol. The van der Waals surface area contributed by atoms with Crippen LogP contribution in [-0.2, 0) is 23.9 Å². The Kier molecular flexibility index (Phi) is 7.35. The highest BCUT2D eigenvalue weighted by atomic mass is 16.6. The van der Waals surface area contributed by atoms with Gasteiger partial charge in [-0.3, -0.25) is 14.4 Å². The molecule has 3 aliphatic rings. The SMILES string of the molecule is C=CCOC(=O)[C@H]1[C@H]2C(=O)N([C@@H](CC)CO)C(C(=O)N(CC=C)c3ccc4ccccc4c3)C23CC(C)[C@]1(C)O3. The van der Waals surface area contributed by atoms with Gasteiger partial charge in [-0.15, -0.1) is 6.58 Å². The lowest BCUT2D eigenvalue weighted by atomic mass is 9.62. The number of aliphatic hydroxyl groups is 1. The second-order valence-corrected chi connectivity index (χ2v) is 11.4. The van der Waals surface area contributed by atoms with E-state index in [0.29, 0.717) is 18.5 Å². The van der Waals surface area contributed by atoms with E-state index in [-0.39, 0.29) is 37.5 Å². The fraction of sp³-hybridized carbons (Fsp3) is 0.469. The highest BCUT2D eigenvalue weighted by Crippen LogP contribution is 2.65. The number of anilines is 1. The number of fused-ring (bicyclic) bond motifs is 2. The van der Waals surface area contributed by atoms with Crippen LogP contribution in [0.15, 0.2) is 67.8 Å². The first-order chi connectivity index (χ1) is 19.2. The number of carbonyl (C=O) groups excluding carboxylic acids is 3. The average Bonchev–Trinajstić information content (AvgIpc) is 3.47. The monoisotopic (exact) mass is 546 g/mol. The smallest absolute Gasteiger partial charge is 0.313 e. The Balaban J connectivity index is 1.64. The lowest BCUT2D eigenvalue weighted by Gasteiger charge is -2.39. The minimum Gasteiger partial charge on any atom is -0.461 e. The first kappa shape index (κ1) is 28.1. The van der Waals surface area contributed by atoms with E-state index >= 15 is 0 Å². The van der Waals surface area contributed by atoms with Crippen molar-refractivity contribution in [3.63, 3.8) is 0 Å². The van der Waals surface area contributed by atoms with Gasteiger partial charge in [-0.2, -0.15) is 0 Å². The van der Waals surface area contributed by atoms with E-state index in [9.17, 15) is 19.5 Å². The number of rotatable bonds is 10. The minimum absolute atomic E-state index is 0.0169. The van der Waals surface area contributed by atoms with Gasteiger partial charge in [0.05, 0.1) is 24.2 Å². The zero-order chi connectivity index (χ0) is 28.8. The lowest BCUT2D eigenvalue weighted by Crippen LogP contribution is -2.59. The summed E-state index contributed by atoms with van der Waals surface area (Å²) in [4.78, 5) is 45.6. The van der Waals surface area contributed by atoms with Crippen molar-refractivity contribution in [2.75, 3.05) is 24.7 Å². The molecule has 8 heteroatoms. The first-order valence-electron chi connectivity index (χ1n) is 14.0. The molecule has 1 spiro atoms. The largest absolute Gasteiger partial charge is 0.461 e. The van der Waals surface area contributed by atoms with Crippen LogP contribution in [0.4, 0.5) is 5.69 Å². The van der Waals surface area contributed by atoms with Gasteiger partial charge in [-0.1, -0.05) is 62.9 Å². The number of hydrogen-bond donors (Lipinski definition) is 1. The number of likely N-dealkylation sites (tertiary alicyclic amines) is 1. The van der Waals surface area contributed by atoms with Gasteiger partial charge in [0.1, 0.15) is 24.2 Å². The van der Waals surface area contributed by atoms with Crippen molar-refractivity contribution in [2.24, 2.45) is 17.8 Å². The molecule has 3 aliphatic heterocycles. The van der Waals surface area contributed by atoms with Crippen LogP contribution in [0.2, 0.25) is 0 Å². The molecule has 2 aromatic carbocycles. The molecule has 0 aromatic heterocycles. The third kappa shape index (κ3) is 3.99. The molecule has 3 fully saturated rings. The summed E-state index contributed by atoms with van der Waals surface area (Å²) in [7, 11) is 0. The van der Waals surface area contributed by atoms with Crippen LogP contribution >= 0.6 is 0 Å². The van der Waals surface area contributed by atoms with Gasteiger partial charge in [-0.25, -0.2) is 0 Å². The van der Waals surface area contributed by atoms with E-state index in [1.165, 1.54) is 11.0 Å². The summed E-state index contributed by atoms with van der Waals surface area (Å²) in [5, 5.41) is 12.3. The van der Waals surface area contributed by atoms with Crippen LogP contribution in [0.3, 0.4) is 0 Å². The van der Waals surface area contributed by atoms with Gasteiger partial charge in [0, 0.05) is 12.2 Å². The van der Waals surface area contributed by atoms with Crippen molar-refractivity contribution in [3.8, 4) is 0 Å². The van der Waals surface area contributed by atoms with Gasteiger partial charge in [0.15, 0.2) is 0 Å². The van der Waals surface area contributed by atoms with Crippen LogP contribution in [0.1, 0.15) is 33.6 Å². The Morgan fingerprint density at radius 3 is 2.60 bits per heavy atom. The van der Waals surface area contributed by atoms with Crippen molar-refractivity contribution in [2.45, 2.75) is 56.9 Å². The molecule has 7 atom stereocenters.